The summed E-state index contributed by atoms with van der Waals surface area (Å²) in [5, 5.41) is 10.4. The highest BCUT2D eigenvalue weighted by Gasteiger charge is 2.46. The molecule has 0 aliphatic carbocycles. The van der Waals surface area contributed by atoms with Gasteiger partial charge in [-0.1, -0.05) is 30.3 Å². The highest BCUT2D eigenvalue weighted by molar-refractivity contribution is 5.81. The van der Waals surface area contributed by atoms with Gasteiger partial charge in [0.1, 0.15) is 6.61 Å². The van der Waals surface area contributed by atoms with Crippen molar-refractivity contribution in [3.05, 3.63) is 35.9 Å². The minimum absolute atomic E-state index is 0.148. The van der Waals surface area contributed by atoms with Gasteiger partial charge in [-0.15, -0.1) is 0 Å². The molecule has 1 heterocycles. The first-order valence-electron chi connectivity index (χ1n) is 6.42. The van der Waals surface area contributed by atoms with Crippen LogP contribution in [0.3, 0.4) is 0 Å². The summed E-state index contributed by atoms with van der Waals surface area (Å²) in [4.78, 5) is 28.2. The summed E-state index contributed by atoms with van der Waals surface area (Å²) in [5.41, 5.74) is -0.471. The van der Waals surface area contributed by atoms with Crippen molar-refractivity contribution in [3.63, 3.8) is 0 Å². The normalized spacial score (nSPS) is 17.4. The molecule has 1 aromatic carbocycles. The number of ether oxygens (including phenoxy) is 1. The molecule has 0 bridgehead atoms. The van der Waals surface area contributed by atoms with Crippen molar-refractivity contribution < 1.29 is 24.3 Å². The lowest BCUT2D eigenvalue weighted by Crippen LogP contribution is -2.57. The van der Waals surface area contributed by atoms with E-state index in [0.29, 0.717) is 19.6 Å². The summed E-state index contributed by atoms with van der Waals surface area (Å²) in [6.45, 7) is 0.742. The number of carbonyl (C=O) groups excluding carboxylic acids is 1. The Bertz CT molecular complexity index is 456. The molecule has 1 aromatic rings. The van der Waals surface area contributed by atoms with Gasteiger partial charge in [-0.25, -0.2) is 9.86 Å². The van der Waals surface area contributed by atoms with Gasteiger partial charge in [-0.2, -0.15) is 0 Å². The monoisotopic (exact) mass is 279 g/mol. The van der Waals surface area contributed by atoms with Crippen LogP contribution in [-0.2, 0) is 25.8 Å². The van der Waals surface area contributed by atoms with E-state index in [4.69, 9.17) is 9.57 Å². The lowest BCUT2D eigenvalue weighted by molar-refractivity contribution is -0.235. The van der Waals surface area contributed by atoms with Crippen molar-refractivity contribution in [2.24, 2.45) is 0 Å². The number of hydrogen-bond acceptors (Lipinski definition) is 4. The largest absolute Gasteiger partial charge is 0.479 e. The van der Waals surface area contributed by atoms with E-state index >= 15 is 0 Å². The van der Waals surface area contributed by atoms with Gasteiger partial charge in [0.2, 0.25) is 6.41 Å². The minimum atomic E-state index is -1.34. The first kappa shape index (κ1) is 14.5. The SMILES string of the molecule is O=CN(OCc1ccccc1)C1(C(=O)O)CCOCC1. The van der Waals surface area contributed by atoms with Gasteiger partial charge in [-0.3, -0.25) is 9.63 Å². The molecular formula is C14H17NO5. The summed E-state index contributed by atoms with van der Waals surface area (Å²) >= 11 is 0. The number of nitrogens with zero attached hydrogens (tertiary/aromatic N) is 1. The molecular weight excluding hydrogens is 262 g/mol. The molecule has 20 heavy (non-hydrogen) atoms. The van der Waals surface area contributed by atoms with Crippen LogP contribution in [-0.4, -0.2) is 41.3 Å². The molecule has 0 saturated carbocycles. The van der Waals surface area contributed by atoms with Crippen LogP contribution in [0.2, 0.25) is 0 Å². The summed E-state index contributed by atoms with van der Waals surface area (Å²) in [5.74, 6) is -1.07. The van der Waals surface area contributed by atoms with Crippen LogP contribution in [0.4, 0.5) is 0 Å². The molecule has 6 nitrogen and oxygen atoms in total. The standard InChI is InChI=1S/C14H17NO5/c16-11-15(20-10-12-4-2-1-3-5-12)14(13(17)18)6-8-19-9-7-14/h1-5,11H,6-10H2,(H,17,18). The average molecular weight is 279 g/mol. The molecule has 1 fully saturated rings. The van der Waals surface area contributed by atoms with Gasteiger partial charge in [-0.05, 0) is 5.56 Å². The zero-order valence-corrected chi connectivity index (χ0v) is 11.0. The Kier molecular flexibility index (Phi) is 4.70. The van der Waals surface area contributed by atoms with Gasteiger partial charge in [0.15, 0.2) is 5.54 Å². The third-order valence-electron chi connectivity index (χ3n) is 3.45. The Hall–Kier alpha value is -1.92. The van der Waals surface area contributed by atoms with Crippen molar-refractivity contribution in [1.29, 1.82) is 0 Å². The Labute approximate surface area is 116 Å². The fourth-order valence-corrected chi connectivity index (χ4v) is 2.21. The van der Waals surface area contributed by atoms with E-state index < -0.39 is 11.5 Å². The number of carboxylic acids is 1. The highest BCUT2D eigenvalue weighted by Crippen LogP contribution is 2.28. The molecule has 1 amide bonds. The molecule has 2 rings (SSSR count). The van der Waals surface area contributed by atoms with Crippen molar-refractivity contribution >= 4 is 12.4 Å². The van der Waals surface area contributed by atoms with Crippen LogP contribution in [0.5, 0.6) is 0 Å². The molecule has 0 unspecified atom stereocenters. The third kappa shape index (κ3) is 2.97. The van der Waals surface area contributed by atoms with Gasteiger partial charge in [0.25, 0.3) is 0 Å². The zero-order chi connectivity index (χ0) is 14.4. The van der Waals surface area contributed by atoms with E-state index in [1.54, 1.807) is 0 Å². The van der Waals surface area contributed by atoms with E-state index in [1.807, 2.05) is 30.3 Å². The van der Waals surface area contributed by atoms with Crippen molar-refractivity contribution in [2.45, 2.75) is 25.0 Å². The molecule has 0 aromatic heterocycles. The second-order valence-electron chi connectivity index (χ2n) is 4.64. The molecule has 0 atom stereocenters. The number of carbonyl (C=O) groups is 2. The average Bonchev–Trinajstić information content (AvgIpc) is 2.49. The minimum Gasteiger partial charge on any atom is -0.479 e. The smallest absolute Gasteiger partial charge is 0.332 e. The predicted molar refractivity (Wildman–Crippen MR) is 69.6 cm³/mol. The number of hydrogen-bond donors (Lipinski definition) is 1. The summed E-state index contributed by atoms with van der Waals surface area (Å²) in [6, 6.07) is 9.27. The molecule has 1 aliphatic rings. The van der Waals surface area contributed by atoms with E-state index in [0.717, 1.165) is 10.6 Å². The van der Waals surface area contributed by atoms with E-state index in [9.17, 15) is 14.7 Å². The third-order valence-corrected chi connectivity index (χ3v) is 3.45. The summed E-state index contributed by atoms with van der Waals surface area (Å²) in [6.07, 6.45) is 0.869. The zero-order valence-electron chi connectivity index (χ0n) is 11.0. The molecule has 108 valence electrons. The van der Waals surface area contributed by atoms with Crippen LogP contribution in [0, 0.1) is 0 Å². The van der Waals surface area contributed by atoms with Crippen molar-refractivity contribution in [1.82, 2.24) is 5.06 Å². The lowest BCUT2D eigenvalue weighted by atomic mass is 9.90. The van der Waals surface area contributed by atoms with Crippen LogP contribution in [0.1, 0.15) is 18.4 Å². The van der Waals surface area contributed by atoms with Crippen LogP contribution in [0.25, 0.3) is 0 Å². The fraction of sp³-hybridized carbons (Fsp3) is 0.429. The molecule has 1 N–H and O–H groups in total. The van der Waals surface area contributed by atoms with Gasteiger partial charge < -0.3 is 9.84 Å². The first-order valence-corrected chi connectivity index (χ1v) is 6.42. The molecule has 0 spiro atoms. The maximum Gasteiger partial charge on any atom is 0.332 e. The maximum atomic E-state index is 11.6. The number of aliphatic carboxylic acids is 1. The Morgan fingerprint density at radius 1 is 1.35 bits per heavy atom. The Morgan fingerprint density at radius 2 is 2.00 bits per heavy atom. The predicted octanol–water partition coefficient (Wildman–Crippen LogP) is 1.21. The quantitative estimate of drug-likeness (QED) is 0.625. The maximum absolute atomic E-state index is 11.6. The second kappa shape index (κ2) is 6.49. The summed E-state index contributed by atoms with van der Waals surface area (Å²) in [7, 11) is 0. The molecule has 6 heteroatoms. The first-order chi connectivity index (χ1) is 9.69. The molecule has 0 radical (unpaired) electrons. The molecule has 1 aliphatic heterocycles. The topological polar surface area (TPSA) is 76.1 Å². The van der Waals surface area contributed by atoms with E-state index in [1.165, 1.54) is 0 Å². The highest BCUT2D eigenvalue weighted by atomic mass is 16.7. The van der Waals surface area contributed by atoms with Gasteiger partial charge in [0.05, 0.1) is 0 Å². The number of amides is 1. The van der Waals surface area contributed by atoms with E-state index in [-0.39, 0.29) is 19.4 Å². The molecule has 1 saturated heterocycles. The number of hydroxylamine groups is 2. The van der Waals surface area contributed by atoms with Crippen molar-refractivity contribution in [3.8, 4) is 0 Å². The van der Waals surface area contributed by atoms with Gasteiger partial charge >= 0.3 is 5.97 Å². The van der Waals surface area contributed by atoms with Crippen LogP contribution in [0.15, 0.2) is 30.3 Å². The van der Waals surface area contributed by atoms with Gasteiger partial charge in [0, 0.05) is 26.1 Å². The summed E-state index contributed by atoms with van der Waals surface area (Å²) < 4.78 is 5.17. The van der Waals surface area contributed by atoms with E-state index in [2.05, 4.69) is 0 Å². The van der Waals surface area contributed by atoms with Crippen LogP contribution >= 0.6 is 0 Å². The second-order valence-corrected chi connectivity index (χ2v) is 4.64. The van der Waals surface area contributed by atoms with Crippen LogP contribution < -0.4 is 0 Å². The Balaban J connectivity index is 2.09. The Morgan fingerprint density at radius 3 is 2.55 bits per heavy atom. The van der Waals surface area contributed by atoms with Crippen molar-refractivity contribution in [2.75, 3.05) is 13.2 Å². The fourth-order valence-electron chi connectivity index (χ4n) is 2.21. The number of rotatable bonds is 6. The number of carboxylic acid groups (broad SMARTS) is 1. The lowest BCUT2D eigenvalue weighted by Gasteiger charge is -2.39. The number of benzene rings is 1.